The first-order valence-electron chi connectivity index (χ1n) is 6.75. The van der Waals surface area contributed by atoms with Gasteiger partial charge in [-0.3, -0.25) is 4.79 Å². The Hall–Kier alpha value is -1.40. The van der Waals surface area contributed by atoms with Crippen molar-refractivity contribution >= 4 is 24.0 Å². The summed E-state index contributed by atoms with van der Waals surface area (Å²) in [5, 5.41) is 3.09. The van der Waals surface area contributed by atoms with Crippen LogP contribution in [0.5, 0.6) is 5.75 Å². The molecule has 116 valence electrons. The van der Waals surface area contributed by atoms with Gasteiger partial charge in [-0.25, -0.2) is 0 Å². The number of anilines is 1. The molecule has 0 spiro atoms. The van der Waals surface area contributed by atoms with Crippen LogP contribution in [0.1, 0.15) is 12.0 Å². The van der Waals surface area contributed by atoms with E-state index in [0.29, 0.717) is 6.54 Å². The number of benzene rings is 1. The van der Waals surface area contributed by atoms with Gasteiger partial charge in [-0.05, 0) is 36.6 Å². The average molecular weight is 319 g/mol. The van der Waals surface area contributed by atoms with Gasteiger partial charge >= 0.3 is 6.61 Å². The topological polar surface area (TPSA) is 41.6 Å². The van der Waals surface area contributed by atoms with Gasteiger partial charge in [-0.15, -0.1) is 12.4 Å². The summed E-state index contributed by atoms with van der Waals surface area (Å²) < 4.78 is 28.9. The number of hydrogen-bond donors (Lipinski definition) is 1. The Morgan fingerprint density at radius 1 is 1.38 bits per heavy atom. The fourth-order valence-electron chi connectivity index (χ4n) is 2.66. The van der Waals surface area contributed by atoms with Gasteiger partial charge in [0.15, 0.2) is 0 Å². The first-order chi connectivity index (χ1) is 9.65. The van der Waals surface area contributed by atoms with Gasteiger partial charge in [0, 0.05) is 25.3 Å². The van der Waals surface area contributed by atoms with Gasteiger partial charge in [0.05, 0.1) is 5.92 Å². The lowest BCUT2D eigenvalue weighted by atomic mass is 9.96. The molecule has 0 saturated carbocycles. The number of ether oxygens (including phenoxy) is 1. The van der Waals surface area contributed by atoms with Gasteiger partial charge in [0.1, 0.15) is 5.75 Å². The number of rotatable bonds is 3. The Morgan fingerprint density at radius 2 is 2.14 bits per heavy atom. The van der Waals surface area contributed by atoms with Crippen molar-refractivity contribution in [3.8, 4) is 5.75 Å². The highest BCUT2D eigenvalue weighted by Gasteiger charge is 2.32. The van der Waals surface area contributed by atoms with E-state index in [4.69, 9.17) is 0 Å². The van der Waals surface area contributed by atoms with E-state index in [-0.39, 0.29) is 30.0 Å². The minimum absolute atomic E-state index is 0. The van der Waals surface area contributed by atoms with Gasteiger partial charge < -0.3 is 15.0 Å². The molecule has 0 radical (unpaired) electrons. The van der Waals surface area contributed by atoms with Crippen molar-refractivity contribution in [1.82, 2.24) is 5.32 Å². The molecule has 1 fully saturated rings. The second-order valence-corrected chi connectivity index (χ2v) is 5.12. The number of aryl methyl sites for hydroxylation is 1. The summed E-state index contributed by atoms with van der Waals surface area (Å²) in [6.45, 7) is -0.693. The van der Waals surface area contributed by atoms with Gasteiger partial charge in [-0.1, -0.05) is 0 Å². The fourth-order valence-corrected chi connectivity index (χ4v) is 2.66. The molecule has 1 N–H and O–H groups in total. The van der Waals surface area contributed by atoms with E-state index in [1.54, 1.807) is 17.0 Å². The highest BCUT2D eigenvalue weighted by molar-refractivity contribution is 5.97. The molecule has 1 amide bonds. The normalized spacial score (nSPS) is 17.8. The van der Waals surface area contributed by atoms with E-state index < -0.39 is 6.61 Å². The van der Waals surface area contributed by atoms with Crippen LogP contribution < -0.4 is 15.0 Å². The Morgan fingerprint density at radius 3 is 2.76 bits per heavy atom. The number of halogens is 3. The van der Waals surface area contributed by atoms with Crippen LogP contribution in [-0.4, -0.2) is 32.2 Å². The van der Waals surface area contributed by atoms with Crippen LogP contribution in [0.15, 0.2) is 18.2 Å². The van der Waals surface area contributed by atoms with Crippen LogP contribution in [0.4, 0.5) is 14.5 Å². The molecule has 2 aliphatic rings. The zero-order chi connectivity index (χ0) is 14.1. The summed E-state index contributed by atoms with van der Waals surface area (Å²) >= 11 is 0. The summed E-state index contributed by atoms with van der Waals surface area (Å²) in [5.74, 6) is 0.309. The maximum absolute atomic E-state index is 12.3. The summed E-state index contributed by atoms with van der Waals surface area (Å²) in [4.78, 5) is 14.1. The predicted octanol–water partition coefficient (Wildman–Crippen LogP) is 2.21. The van der Waals surface area contributed by atoms with Gasteiger partial charge in [-0.2, -0.15) is 8.78 Å². The molecule has 21 heavy (non-hydrogen) atoms. The largest absolute Gasteiger partial charge is 0.435 e. The first-order valence-corrected chi connectivity index (χ1v) is 6.75. The number of nitrogens with one attached hydrogen (secondary N) is 1. The summed E-state index contributed by atoms with van der Waals surface area (Å²) in [5.41, 5.74) is 1.73. The number of fused-ring (bicyclic) bond motifs is 1. The highest BCUT2D eigenvalue weighted by Crippen LogP contribution is 2.32. The highest BCUT2D eigenvalue weighted by atomic mass is 35.5. The summed E-state index contributed by atoms with van der Waals surface area (Å²) in [6.07, 6.45) is 1.62. The van der Waals surface area contributed by atoms with Gasteiger partial charge in [0.2, 0.25) is 5.91 Å². The standard InChI is InChI=1S/C14H16F2N2O2.ClH/c15-14(16)20-11-3-4-12-9(6-11)2-1-5-18(12)13(19)10-7-17-8-10;/h3-4,6,10,14,17H,1-2,5,7-8H2;1H. The van der Waals surface area contributed by atoms with E-state index in [1.165, 1.54) is 6.07 Å². The number of carbonyl (C=O) groups excluding carboxylic acids is 1. The van der Waals surface area contributed by atoms with Crippen molar-refractivity contribution in [3.05, 3.63) is 23.8 Å². The minimum Gasteiger partial charge on any atom is -0.435 e. The fraction of sp³-hybridized carbons (Fsp3) is 0.500. The van der Waals surface area contributed by atoms with Gasteiger partial charge in [0.25, 0.3) is 0 Å². The molecule has 0 aliphatic carbocycles. The van der Waals surface area contributed by atoms with Crippen molar-refractivity contribution in [2.24, 2.45) is 5.92 Å². The summed E-state index contributed by atoms with van der Waals surface area (Å²) in [7, 11) is 0. The number of alkyl halides is 2. The first kappa shape index (κ1) is 16.0. The Labute approximate surface area is 127 Å². The smallest absolute Gasteiger partial charge is 0.387 e. The van der Waals surface area contributed by atoms with Crippen molar-refractivity contribution in [2.45, 2.75) is 19.5 Å². The number of nitrogens with zero attached hydrogens (tertiary/aromatic N) is 1. The second-order valence-electron chi connectivity index (χ2n) is 5.12. The molecule has 1 aromatic rings. The maximum atomic E-state index is 12.3. The third-order valence-corrected chi connectivity index (χ3v) is 3.79. The molecule has 3 rings (SSSR count). The van der Waals surface area contributed by atoms with Crippen LogP contribution in [0.3, 0.4) is 0 Å². The van der Waals surface area contributed by atoms with Crippen LogP contribution in [0, 0.1) is 5.92 Å². The molecule has 1 aromatic carbocycles. The molecule has 0 atom stereocenters. The molecule has 0 aromatic heterocycles. The van der Waals surface area contributed by atoms with Crippen LogP contribution >= 0.6 is 12.4 Å². The number of amides is 1. The Bertz CT molecular complexity index is 524. The number of hydrogen-bond acceptors (Lipinski definition) is 3. The molecule has 0 bridgehead atoms. The molecular formula is C14H17ClF2N2O2. The van der Waals surface area contributed by atoms with Crippen LogP contribution in [0.2, 0.25) is 0 Å². The van der Waals surface area contributed by atoms with Crippen molar-refractivity contribution in [2.75, 3.05) is 24.5 Å². The van der Waals surface area contributed by atoms with Crippen molar-refractivity contribution < 1.29 is 18.3 Å². The predicted molar refractivity (Wildman–Crippen MR) is 77.4 cm³/mol. The molecular weight excluding hydrogens is 302 g/mol. The molecule has 7 heteroatoms. The summed E-state index contributed by atoms with van der Waals surface area (Å²) in [6, 6.07) is 4.81. The lowest BCUT2D eigenvalue weighted by Crippen LogP contribution is -2.53. The molecule has 0 unspecified atom stereocenters. The third-order valence-electron chi connectivity index (χ3n) is 3.79. The maximum Gasteiger partial charge on any atom is 0.387 e. The Kier molecular flexibility index (Phi) is 5.00. The SMILES string of the molecule is Cl.O=C(C1CNC1)N1CCCc2cc(OC(F)F)ccc21. The molecule has 2 aliphatic heterocycles. The third kappa shape index (κ3) is 3.27. The molecule has 1 saturated heterocycles. The number of carbonyl (C=O) groups is 1. The van der Waals surface area contributed by atoms with Crippen LogP contribution in [-0.2, 0) is 11.2 Å². The lowest BCUT2D eigenvalue weighted by molar-refractivity contribution is -0.123. The molecule has 2 heterocycles. The van der Waals surface area contributed by atoms with E-state index >= 15 is 0 Å². The minimum atomic E-state index is -2.82. The molecule has 4 nitrogen and oxygen atoms in total. The van der Waals surface area contributed by atoms with Crippen molar-refractivity contribution in [1.29, 1.82) is 0 Å². The quantitative estimate of drug-likeness (QED) is 0.929. The average Bonchev–Trinajstić information content (AvgIpc) is 2.34. The van der Waals surface area contributed by atoms with E-state index in [0.717, 1.165) is 37.2 Å². The van der Waals surface area contributed by atoms with E-state index in [1.807, 2.05) is 0 Å². The zero-order valence-electron chi connectivity index (χ0n) is 11.4. The lowest BCUT2D eigenvalue weighted by Gasteiger charge is -2.35. The zero-order valence-corrected chi connectivity index (χ0v) is 12.2. The second kappa shape index (κ2) is 6.58. The van der Waals surface area contributed by atoms with E-state index in [9.17, 15) is 13.6 Å². The monoisotopic (exact) mass is 318 g/mol. The van der Waals surface area contributed by atoms with Crippen molar-refractivity contribution in [3.63, 3.8) is 0 Å². The Balaban J connectivity index is 0.00000161. The van der Waals surface area contributed by atoms with Crippen LogP contribution in [0.25, 0.3) is 0 Å². The van der Waals surface area contributed by atoms with E-state index in [2.05, 4.69) is 10.1 Å².